The molecule has 1 rings (SSSR count). The Morgan fingerprint density at radius 2 is 2.71 bits per heavy atom. The van der Waals surface area contributed by atoms with Gasteiger partial charge in [-0.1, -0.05) is 0 Å². The van der Waals surface area contributed by atoms with Gasteiger partial charge in [0, 0.05) is 0 Å². The first-order chi connectivity index (χ1) is 3.43. The van der Waals surface area contributed by atoms with Crippen molar-refractivity contribution in [2.75, 3.05) is 0 Å². The van der Waals surface area contributed by atoms with Crippen molar-refractivity contribution < 1.29 is 0 Å². The maximum Gasteiger partial charge on any atom is 0.210 e. The molecule has 0 bridgehead atoms. The van der Waals surface area contributed by atoms with Crippen LogP contribution in [0.3, 0.4) is 0 Å². The van der Waals surface area contributed by atoms with Crippen molar-refractivity contribution in [2.24, 2.45) is 0 Å². The van der Waals surface area contributed by atoms with Gasteiger partial charge in [0.15, 0.2) is 0 Å². The second-order valence-electron chi connectivity index (χ2n) is 0.805. The minimum atomic E-state index is 0.730. The number of hydrogen-bond acceptors (Lipinski definition) is 5. The van der Waals surface area contributed by atoms with E-state index >= 15 is 0 Å². The Labute approximate surface area is 54.3 Å². The van der Waals surface area contributed by atoms with E-state index < -0.39 is 0 Å². The highest BCUT2D eigenvalue weighted by atomic mass is 33.1. The third-order valence-electron chi connectivity index (χ3n) is 0.423. The molecule has 0 unspecified atom stereocenters. The molecule has 5 heteroatoms. The van der Waals surface area contributed by atoms with Crippen molar-refractivity contribution in [1.29, 1.82) is 0 Å². The van der Waals surface area contributed by atoms with E-state index in [4.69, 9.17) is 0 Å². The summed E-state index contributed by atoms with van der Waals surface area (Å²) in [7, 11) is 1.26. The molecule has 7 heavy (non-hydrogen) atoms. The van der Waals surface area contributed by atoms with E-state index in [9.17, 15) is 0 Å². The summed E-state index contributed by atoms with van der Waals surface area (Å²) in [5, 5.41) is 0.730. The standard InChI is InChI=1S/C2H2N2S3/c5-7-2-3-1-6-4-2/h1,5H. The Morgan fingerprint density at radius 1 is 1.86 bits per heavy atom. The van der Waals surface area contributed by atoms with Crippen molar-refractivity contribution in [3.63, 3.8) is 0 Å². The summed E-state index contributed by atoms with van der Waals surface area (Å²) in [6.07, 6.45) is 0. The molecule has 0 aromatic carbocycles. The molecule has 1 aromatic rings. The van der Waals surface area contributed by atoms with Crippen LogP contribution in [0.2, 0.25) is 0 Å². The fourth-order valence-electron chi connectivity index (χ4n) is 0.201. The average molecular weight is 150 g/mol. The van der Waals surface area contributed by atoms with Gasteiger partial charge in [-0.3, -0.25) is 0 Å². The number of hydrogen-bond donors (Lipinski definition) is 1. The van der Waals surface area contributed by atoms with Crippen LogP contribution in [0.5, 0.6) is 0 Å². The average Bonchev–Trinajstić information content (AvgIpc) is 2.14. The third-order valence-corrected chi connectivity index (χ3v) is 1.87. The van der Waals surface area contributed by atoms with Crippen LogP contribution in [0.4, 0.5) is 0 Å². The van der Waals surface area contributed by atoms with Crippen LogP contribution in [0.25, 0.3) is 0 Å². The zero-order valence-electron chi connectivity index (χ0n) is 3.24. The lowest BCUT2D eigenvalue weighted by atomic mass is 11.3. The van der Waals surface area contributed by atoms with Crippen LogP contribution in [0.1, 0.15) is 0 Å². The summed E-state index contributed by atoms with van der Waals surface area (Å²) in [6, 6.07) is 0. The molecule has 0 radical (unpaired) electrons. The fraction of sp³-hybridized carbons (Fsp3) is 0. The van der Waals surface area contributed by atoms with Gasteiger partial charge in [0.05, 0.1) is 0 Å². The summed E-state index contributed by atoms with van der Waals surface area (Å²) in [5.74, 6) is 0. The highest BCUT2D eigenvalue weighted by Crippen LogP contribution is 2.15. The molecule has 38 valence electrons. The van der Waals surface area contributed by atoms with E-state index in [-0.39, 0.29) is 0 Å². The largest absolute Gasteiger partial charge is 0.217 e. The van der Waals surface area contributed by atoms with E-state index in [1.165, 1.54) is 22.3 Å². The van der Waals surface area contributed by atoms with Crippen molar-refractivity contribution >= 4 is 34.0 Å². The lowest BCUT2D eigenvalue weighted by Crippen LogP contribution is -1.62. The Balaban J connectivity index is 2.76. The molecule has 2 nitrogen and oxygen atoms in total. The molecule has 0 saturated heterocycles. The molecule has 0 aliphatic carbocycles. The number of aromatic nitrogens is 2. The molecule has 0 aliphatic rings. The second-order valence-corrected chi connectivity index (χ2v) is 2.50. The first-order valence-electron chi connectivity index (χ1n) is 1.51. The molecule has 1 heterocycles. The smallest absolute Gasteiger partial charge is 0.210 e. The minimum Gasteiger partial charge on any atom is -0.217 e. The van der Waals surface area contributed by atoms with E-state index in [0.717, 1.165) is 5.16 Å². The predicted octanol–water partition coefficient (Wildman–Crippen LogP) is 1.47. The number of nitrogens with zero attached hydrogens (tertiary/aromatic N) is 2. The van der Waals surface area contributed by atoms with Gasteiger partial charge in [0.2, 0.25) is 5.16 Å². The van der Waals surface area contributed by atoms with Crippen molar-refractivity contribution in [2.45, 2.75) is 5.16 Å². The van der Waals surface area contributed by atoms with Crippen LogP contribution in [-0.4, -0.2) is 9.36 Å². The molecule has 0 saturated carbocycles. The van der Waals surface area contributed by atoms with Crippen molar-refractivity contribution in [1.82, 2.24) is 9.36 Å². The summed E-state index contributed by atoms with van der Waals surface area (Å²) in [4.78, 5) is 3.83. The molecular weight excluding hydrogens is 148 g/mol. The van der Waals surface area contributed by atoms with Crippen LogP contribution in [-0.2, 0) is 0 Å². The molecule has 0 aliphatic heterocycles. The Kier molecular flexibility index (Phi) is 1.96. The summed E-state index contributed by atoms with van der Waals surface area (Å²) in [6.45, 7) is 0. The SMILES string of the molecule is SSc1ncsn1. The Bertz CT molecular complexity index is 125. The first kappa shape index (κ1) is 5.40. The lowest BCUT2D eigenvalue weighted by Gasteiger charge is -1.73. The third kappa shape index (κ3) is 1.32. The van der Waals surface area contributed by atoms with Gasteiger partial charge in [0.25, 0.3) is 0 Å². The highest BCUT2D eigenvalue weighted by molar-refractivity contribution is 8.68. The normalized spacial score (nSPS) is 9.29. The van der Waals surface area contributed by atoms with Crippen molar-refractivity contribution in [3.05, 3.63) is 5.51 Å². The molecular formula is C2H2N2S3. The van der Waals surface area contributed by atoms with Crippen LogP contribution < -0.4 is 0 Å². The molecule has 0 fully saturated rings. The predicted molar refractivity (Wildman–Crippen MR) is 34.8 cm³/mol. The van der Waals surface area contributed by atoms with E-state index in [1.54, 1.807) is 5.51 Å². The molecule has 0 N–H and O–H groups in total. The summed E-state index contributed by atoms with van der Waals surface area (Å²) >= 11 is 5.21. The van der Waals surface area contributed by atoms with Gasteiger partial charge in [-0.05, 0) is 22.3 Å². The van der Waals surface area contributed by atoms with Gasteiger partial charge in [0.1, 0.15) is 5.51 Å². The number of rotatable bonds is 1. The lowest BCUT2D eigenvalue weighted by molar-refractivity contribution is 1.09. The summed E-state index contributed by atoms with van der Waals surface area (Å²) < 4.78 is 3.85. The summed E-state index contributed by atoms with van der Waals surface area (Å²) in [5.41, 5.74) is 1.68. The van der Waals surface area contributed by atoms with Crippen LogP contribution in [0, 0.1) is 0 Å². The van der Waals surface area contributed by atoms with Gasteiger partial charge in [-0.25, -0.2) is 4.98 Å². The van der Waals surface area contributed by atoms with Gasteiger partial charge >= 0.3 is 0 Å². The maximum atomic E-state index is 3.87. The fourth-order valence-corrected chi connectivity index (χ4v) is 1.40. The monoisotopic (exact) mass is 150 g/mol. The van der Waals surface area contributed by atoms with Crippen LogP contribution in [0.15, 0.2) is 10.7 Å². The molecule has 1 aromatic heterocycles. The molecule has 0 atom stereocenters. The highest BCUT2D eigenvalue weighted by Gasteiger charge is 1.88. The van der Waals surface area contributed by atoms with E-state index in [0.29, 0.717) is 0 Å². The van der Waals surface area contributed by atoms with Crippen molar-refractivity contribution in [3.8, 4) is 0 Å². The topological polar surface area (TPSA) is 25.8 Å². The molecule has 0 spiro atoms. The van der Waals surface area contributed by atoms with Crippen LogP contribution >= 0.6 is 34.0 Å². The Hall–Kier alpha value is 0.260. The zero-order valence-corrected chi connectivity index (χ0v) is 5.76. The quantitative estimate of drug-likeness (QED) is 0.485. The zero-order chi connectivity index (χ0) is 5.11. The molecule has 0 amide bonds. The maximum absolute atomic E-state index is 3.87. The van der Waals surface area contributed by atoms with E-state index in [1.807, 2.05) is 0 Å². The Morgan fingerprint density at radius 3 is 3.00 bits per heavy atom. The minimum absolute atomic E-state index is 0.730. The van der Waals surface area contributed by atoms with E-state index in [2.05, 4.69) is 21.0 Å². The van der Waals surface area contributed by atoms with Gasteiger partial charge in [-0.2, -0.15) is 4.37 Å². The first-order valence-corrected chi connectivity index (χ1v) is 4.22. The second kappa shape index (κ2) is 2.54. The number of thiol groups is 1. The van der Waals surface area contributed by atoms with Gasteiger partial charge in [-0.15, -0.1) is 11.7 Å². The van der Waals surface area contributed by atoms with Gasteiger partial charge < -0.3 is 0 Å².